The Labute approximate surface area is 216 Å². The lowest BCUT2D eigenvalue weighted by molar-refractivity contribution is -0.194. The molecule has 0 aromatic rings. The van der Waals surface area contributed by atoms with Crippen LogP contribution in [0.15, 0.2) is 0 Å². The molecule has 7 atom stereocenters. The second-order valence-corrected chi connectivity index (χ2v) is 13.5. The third kappa shape index (κ3) is 4.82. The number of hydrogen-bond acceptors (Lipinski definition) is 4. The molecule has 4 saturated carbocycles. The van der Waals surface area contributed by atoms with Gasteiger partial charge in [0.2, 0.25) is 0 Å². The van der Waals surface area contributed by atoms with Gasteiger partial charge >= 0.3 is 17.9 Å². The lowest BCUT2D eigenvalue weighted by atomic mass is 9.41. The summed E-state index contributed by atoms with van der Waals surface area (Å²) >= 11 is 0. The maximum absolute atomic E-state index is 12.9. The maximum atomic E-state index is 12.9. The fourth-order valence-corrected chi connectivity index (χ4v) is 9.71. The van der Waals surface area contributed by atoms with Crippen LogP contribution < -0.4 is 0 Å². The Bertz CT molecular complexity index is 854. The summed E-state index contributed by atoms with van der Waals surface area (Å²) in [6.07, 6.45) is 15.3. The van der Waals surface area contributed by atoms with Crippen molar-refractivity contribution < 1.29 is 29.3 Å². The molecule has 204 valence electrons. The smallest absolute Gasteiger partial charge is 0.309 e. The predicted octanol–water partition coefficient (Wildman–Crippen LogP) is 6.99. The van der Waals surface area contributed by atoms with Gasteiger partial charge in [-0.3, -0.25) is 14.4 Å². The molecule has 0 radical (unpaired) electrons. The van der Waals surface area contributed by atoms with Gasteiger partial charge in [-0.15, -0.1) is 0 Å². The molecule has 4 aliphatic carbocycles. The Morgan fingerprint density at radius 2 is 1.47 bits per heavy atom. The molecule has 0 aliphatic heterocycles. The van der Waals surface area contributed by atoms with Crippen molar-refractivity contribution in [2.45, 2.75) is 136 Å². The van der Waals surface area contributed by atoms with E-state index >= 15 is 0 Å². The second kappa shape index (κ2) is 10.3. The standard InChI is InChI=1S/C30H48O6/c1-21-19-29-17-13-22-27(2,15-10-16-28(22,3)26(34)35)23(29)14-18-30(21,20-29)36-25(33)12-9-7-5-4-6-8-11-24(31)32/h21-23H,4-20H2,1-3H3,(H,31,32)(H,34,35)/t21-,22-,23-,27+,28+,29+,30-/m0/s1. The quantitative estimate of drug-likeness (QED) is 0.232. The number of carboxylic acids is 2. The molecule has 0 heterocycles. The molecule has 0 aromatic carbocycles. The molecule has 4 fully saturated rings. The lowest BCUT2D eigenvalue weighted by Gasteiger charge is -2.63. The molecule has 0 aromatic heterocycles. The first-order valence-electron chi connectivity index (χ1n) is 14.6. The highest BCUT2D eigenvalue weighted by molar-refractivity contribution is 5.75. The molecule has 6 nitrogen and oxygen atoms in total. The van der Waals surface area contributed by atoms with Crippen LogP contribution in [0.2, 0.25) is 0 Å². The molecule has 6 heteroatoms. The van der Waals surface area contributed by atoms with E-state index in [0.717, 1.165) is 96.3 Å². The minimum absolute atomic E-state index is 0.0563. The van der Waals surface area contributed by atoms with E-state index in [1.165, 1.54) is 0 Å². The highest BCUT2D eigenvalue weighted by atomic mass is 16.6. The summed E-state index contributed by atoms with van der Waals surface area (Å²) in [5.41, 5.74) is -0.696. The normalized spacial score (nSPS) is 41.2. The Kier molecular flexibility index (Phi) is 7.84. The van der Waals surface area contributed by atoms with Crippen LogP contribution in [0, 0.1) is 34.0 Å². The number of unbranched alkanes of at least 4 members (excludes halogenated alkanes) is 5. The number of aliphatic carboxylic acids is 2. The molecule has 2 bridgehead atoms. The van der Waals surface area contributed by atoms with E-state index < -0.39 is 17.4 Å². The minimum Gasteiger partial charge on any atom is -0.481 e. The number of hydrogen-bond donors (Lipinski definition) is 2. The number of fused-ring (bicyclic) bond motifs is 3. The number of carbonyl (C=O) groups excluding carboxylic acids is 1. The van der Waals surface area contributed by atoms with Gasteiger partial charge in [0.05, 0.1) is 5.41 Å². The Hall–Kier alpha value is -1.59. The summed E-state index contributed by atoms with van der Waals surface area (Å²) in [7, 11) is 0. The van der Waals surface area contributed by atoms with Gasteiger partial charge in [0, 0.05) is 12.8 Å². The SMILES string of the molecule is C[C@H]1C[C@@]23CC[C@H]4[C@@](C)(CCC[C@@]4(C)C(=O)O)[C@@H]2CC[C@]1(OC(=O)CCCCCCCCC(=O)O)C3. The number of rotatable bonds is 11. The van der Waals surface area contributed by atoms with Crippen molar-refractivity contribution in [1.29, 1.82) is 0 Å². The van der Waals surface area contributed by atoms with Gasteiger partial charge < -0.3 is 14.9 Å². The fourth-order valence-electron chi connectivity index (χ4n) is 9.71. The van der Waals surface area contributed by atoms with Gasteiger partial charge in [0.25, 0.3) is 0 Å². The van der Waals surface area contributed by atoms with E-state index in [9.17, 15) is 19.5 Å². The summed E-state index contributed by atoms with van der Waals surface area (Å²) < 4.78 is 6.35. The highest BCUT2D eigenvalue weighted by Gasteiger charge is 2.69. The molecule has 0 saturated heterocycles. The van der Waals surface area contributed by atoms with Gasteiger partial charge in [-0.05, 0) is 99.7 Å². The Morgan fingerprint density at radius 3 is 2.14 bits per heavy atom. The zero-order valence-electron chi connectivity index (χ0n) is 22.8. The Balaban J connectivity index is 1.33. The van der Waals surface area contributed by atoms with Crippen LogP contribution in [-0.4, -0.2) is 33.7 Å². The van der Waals surface area contributed by atoms with Crippen molar-refractivity contribution in [3.8, 4) is 0 Å². The summed E-state index contributed by atoms with van der Waals surface area (Å²) in [6, 6.07) is 0. The number of carbonyl (C=O) groups is 3. The van der Waals surface area contributed by atoms with Crippen LogP contribution in [0.4, 0.5) is 0 Å². The van der Waals surface area contributed by atoms with E-state index in [4.69, 9.17) is 9.84 Å². The molecule has 36 heavy (non-hydrogen) atoms. The monoisotopic (exact) mass is 504 g/mol. The average Bonchev–Trinajstić information content (AvgIpc) is 2.99. The van der Waals surface area contributed by atoms with Gasteiger partial charge in [-0.1, -0.05) is 46.0 Å². The van der Waals surface area contributed by atoms with E-state index in [2.05, 4.69) is 13.8 Å². The zero-order chi connectivity index (χ0) is 26.2. The first-order chi connectivity index (χ1) is 17.0. The van der Waals surface area contributed by atoms with Gasteiger partial charge in [-0.2, -0.15) is 0 Å². The third-order valence-corrected chi connectivity index (χ3v) is 11.4. The third-order valence-electron chi connectivity index (χ3n) is 11.4. The van der Waals surface area contributed by atoms with Crippen LogP contribution in [0.5, 0.6) is 0 Å². The first-order valence-corrected chi connectivity index (χ1v) is 14.6. The second-order valence-electron chi connectivity index (χ2n) is 13.5. The van der Waals surface area contributed by atoms with E-state index in [1.807, 2.05) is 6.92 Å². The van der Waals surface area contributed by atoms with Gasteiger partial charge in [0.1, 0.15) is 5.60 Å². The first kappa shape index (κ1) is 27.4. The molecular weight excluding hydrogens is 456 g/mol. The topological polar surface area (TPSA) is 101 Å². The summed E-state index contributed by atoms with van der Waals surface area (Å²) in [5, 5.41) is 18.9. The van der Waals surface area contributed by atoms with Crippen LogP contribution in [0.1, 0.15) is 130 Å². The van der Waals surface area contributed by atoms with Crippen molar-refractivity contribution in [2.24, 2.45) is 34.0 Å². The summed E-state index contributed by atoms with van der Waals surface area (Å²) in [5.74, 6) is -0.278. The highest BCUT2D eigenvalue weighted by Crippen LogP contribution is 2.73. The van der Waals surface area contributed by atoms with E-state index in [-0.39, 0.29) is 34.7 Å². The van der Waals surface area contributed by atoms with E-state index in [1.54, 1.807) is 0 Å². The average molecular weight is 505 g/mol. The fraction of sp³-hybridized carbons (Fsp3) is 0.900. The largest absolute Gasteiger partial charge is 0.481 e. The minimum atomic E-state index is -0.728. The zero-order valence-corrected chi connectivity index (χ0v) is 22.8. The van der Waals surface area contributed by atoms with Gasteiger partial charge in [-0.25, -0.2) is 0 Å². The molecule has 2 N–H and O–H groups in total. The summed E-state index contributed by atoms with van der Waals surface area (Å²) in [6.45, 7) is 6.67. The molecular formula is C30H48O6. The van der Waals surface area contributed by atoms with Crippen molar-refractivity contribution in [2.75, 3.05) is 0 Å². The number of esters is 1. The Morgan fingerprint density at radius 1 is 0.833 bits per heavy atom. The van der Waals surface area contributed by atoms with Crippen LogP contribution in [0.25, 0.3) is 0 Å². The molecule has 0 amide bonds. The van der Waals surface area contributed by atoms with Crippen LogP contribution in [0.3, 0.4) is 0 Å². The molecule has 4 rings (SSSR count). The van der Waals surface area contributed by atoms with Crippen molar-refractivity contribution in [3.63, 3.8) is 0 Å². The predicted molar refractivity (Wildman–Crippen MR) is 137 cm³/mol. The molecule has 0 unspecified atom stereocenters. The maximum Gasteiger partial charge on any atom is 0.309 e. The van der Waals surface area contributed by atoms with Gasteiger partial charge in [0.15, 0.2) is 0 Å². The molecule has 1 spiro atoms. The van der Waals surface area contributed by atoms with Crippen molar-refractivity contribution in [3.05, 3.63) is 0 Å². The van der Waals surface area contributed by atoms with Crippen molar-refractivity contribution >= 4 is 17.9 Å². The lowest BCUT2D eigenvalue weighted by Crippen LogP contribution is -2.59. The van der Waals surface area contributed by atoms with Crippen LogP contribution >= 0.6 is 0 Å². The van der Waals surface area contributed by atoms with Crippen molar-refractivity contribution in [1.82, 2.24) is 0 Å². The number of ether oxygens (including phenoxy) is 1. The number of carboxylic acid groups (broad SMARTS) is 2. The summed E-state index contributed by atoms with van der Waals surface area (Å²) in [4.78, 5) is 35.8. The van der Waals surface area contributed by atoms with Crippen LogP contribution in [-0.2, 0) is 19.1 Å². The molecule has 4 aliphatic rings. The van der Waals surface area contributed by atoms with E-state index in [0.29, 0.717) is 18.3 Å².